The van der Waals surface area contributed by atoms with Gasteiger partial charge in [-0.15, -0.1) is 0 Å². The Hall–Kier alpha value is -1.77. The summed E-state index contributed by atoms with van der Waals surface area (Å²) in [6.45, 7) is 4.26. The first-order valence-corrected chi connectivity index (χ1v) is 5.27. The molecule has 0 N–H and O–H groups in total. The summed E-state index contributed by atoms with van der Waals surface area (Å²) in [6, 6.07) is 5.66. The third-order valence-electron chi connectivity index (χ3n) is 2.53. The smallest absolute Gasteiger partial charge is 0.231 e. The van der Waals surface area contributed by atoms with Gasteiger partial charge in [-0.2, -0.15) is 0 Å². The predicted molar refractivity (Wildman–Crippen MR) is 61.4 cm³/mol. The summed E-state index contributed by atoms with van der Waals surface area (Å²) >= 11 is 0. The van der Waals surface area contributed by atoms with Gasteiger partial charge in [0.25, 0.3) is 0 Å². The van der Waals surface area contributed by atoms with Crippen LogP contribution in [0.4, 0.5) is 0 Å². The molecule has 0 radical (unpaired) electrons. The second-order valence-electron chi connectivity index (χ2n) is 4.03. The van der Waals surface area contributed by atoms with E-state index in [4.69, 9.17) is 9.47 Å². The van der Waals surface area contributed by atoms with Gasteiger partial charge in [-0.3, -0.25) is 4.79 Å². The van der Waals surface area contributed by atoms with Crippen molar-refractivity contribution in [3.05, 3.63) is 29.3 Å². The first-order valence-electron chi connectivity index (χ1n) is 5.27. The van der Waals surface area contributed by atoms with Crippen LogP contribution in [0.1, 0.15) is 19.4 Å². The van der Waals surface area contributed by atoms with E-state index in [9.17, 15) is 4.79 Å². The molecule has 0 aromatic heterocycles. The number of rotatable bonds is 3. The Labute approximate surface area is 94.7 Å². The number of hydrogen-bond donors (Lipinski definition) is 0. The lowest BCUT2D eigenvalue weighted by Crippen LogP contribution is -1.94. The molecule has 1 heterocycles. The van der Waals surface area contributed by atoms with Crippen molar-refractivity contribution < 1.29 is 14.3 Å². The highest BCUT2D eigenvalue weighted by Gasteiger charge is 2.12. The molecule has 16 heavy (non-hydrogen) atoms. The highest BCUT2D eigenvalue weighted by atomic mass is 16.7. The van der Waals surface area contributed by atoms with Crippen molar-refractivity contribution in [2.75, 3.05) is 6.79 Å². The molecule has 0 amide bonds. The fourth-order valence-corrected chi connectivity index (χ4v) is 1.53. The molecular formula is C13H14O3. The van der Waals surface area contributed by atoms with Gasteiger partial charge in [-0.1, -0.05) is 19.9 Å². The highest BCUT2D eigenvalue weighted by Crippen LogP contribution is 2.33. The lowest BCUT2D eigenvalue weighted by atomic mass is 10.0. The van der Waals surface area contributed by atoms with Crippen LogP contribution in [-0.2, 0) is 4.79 Å². The maximum atomic E-state index is 10.9. The maximum absolute atomic E-state index is 10.9. The van der Waals surface area contributed by atoms with E-state index in [1.54, 1.807) is 0 Å². The highest BCUT2D eigenvalue weighted by molar-refractivity contribution is 5.82. The summed E-state index contributed by atoms with van der Waals surface area (Å²) < 4.78 is 10.5. The summed E-state index contributed by atoms with van der Waals surface area (Å²) in [4.78, 5) is 10.9. The molecule has 0 fully saturated rings. The van der Waals surface area contributed by atoms with Crippen molar-refractivity contribution in [3.63, 3.8) is 0 Å². The van der Waals surface area contributed by atoms with Crippen molar-refractivity contribution in [1.82, 2.24) is 0 Å². The molecule has 0 bridgehead atoms. The normalized spacial score (nSPS) is 14.3. The van der Waals surface area contributed by atoms with Crippen LogP contribution in [0.15, 0.2) is 23.8 Å². The van der Waals surface area contributed by atoms with E-state index in [0.29, 0.717) is 0 Å². The lowest BCUT2D eigenvalue weighted by molar-refractivity contribution is -0.105. The largest absolute Gasteiger partial charge is 0.454 e. The predicted octanol–water partition coefficient (Wildman–Crippen LogP) is 2.65. The van der Waals surface area contributed by atoms with E-state index in [0.717, 1.165) is 28.9 Å². The first-order chi connectivity index (χ1) is 7.70. The fraction of sp³-hybridized carbons (Fsp3) is 0.308. The zero-order valence-corrected chi connectivity index (χ0v) is 9.40. The number of benzene rings is 1. The van der Waals surface area contributed by atoms with Crippen LogP contribution < -0.4 is 9.47 Å². The summed E-state index contributed by atoms with van der Waals surface area (Å²) in [5.41, 5.74) is 1.74. The molecule has 0 unspecified atom stereocenters. The Morgan fingerprint density at radius 3 is 2.75 bits per heavy atom. The minimum atomic E-state index is 0.225. The van der Waals surface area contributed by atoms with Crippen LogP contribution in [0.25, 0.3) is 6.08 Å². The van der Waals surface area contributed by atoms with Gasteiger partial charge in [0.15, 0.2) is 11.5 Å². The molecule has 0 saturated heterocycles. The van der Waals surface area contributed by atoms with E-state index in [1.807, 2.05) is 38.1 Å². The Morgan fingerprint density at radius 1 is 1.31 bits per heavy atom. The second kappa shape index (κ2) is 4.39. The van der Waals surface area contributed by atoms with E-state index < -0.39 is 0 Å². The number of ether oxygens (including phenoxy) is 2. The van der Waals surface area contributed by atoms with Crippen molar-refractivity contribution >= 4 is 12.4 Å². The van der Waals surface area contributed by atoms with Gasteiger partial charge in [0.1, 0.15) is 6.29 Å². The molecule has 1 aromatic rings. The number of carbonyl (C=O) groups excluding carboxylic acids is 1. The molecule has 0 saturated carbocycles. The van der Waals surface area contributed by atoms with Crippen LogP contribution >= 0.6 is 0 Å². The van der Waals surface area contributed by atoms with Gasteiger partial charge in [-0.25, -0.2) is 0 Å². The molecule has 3 heteroatoms. The van der Waals surface area contributed by atoms with Crippen LogP contribution in [0, 0.1) is 5.92 Å². The first kappa shape index (κ1) is 10.7. The fourth-order valence-electron chi connectivity index (χ4n) is 1.53. The van der Waals surface area contributed by atoms with Crippen molar-refractivity contribution in [1.29, 1.82) is 0 Å². The quantitative estimate of drug-likeness (QED) is 0.578. The summed E-state index contributed by atoms with van der Waals surface area (Å²) in [7, 11) is 0. The monoisotopic (exact) mass is 218 g/mol. The van der Waals surface area contributed by atoms with Crippen molar-refractivity contribution in [3.8, 4) is 11.5 Å². The topological polar surface area (TPSA) is 35.5 Å². The maximum Gasteiger partial charge on any atom is 0.231 e. The minimum Gasteiger partial charge on any atom is -0.454 e. The molecule has 1 aliphatic rings. The average Bonchev–Trinajstić information content (AvgIpc) is 2.72. The minimum absolute atomic E-state index is 0.225. The average molecular weight is 218 g/mol. The van der Waals surface area contributed by atoms with Gasteiger partial charge in [0, 0.05) is 0 Å². The summed E-state index contributed by atoms with van der Waals surface area (Å²) in [5, 5.41) is 0. The van der Waals surface area contributed by atoms with Gasteiger partial charge in [-0.05, 0) is 35.3 Å². The van der Waals surface area contributed by atoms with Crippen LogP contribution in [0.2, 0.25) is 0 Å². The van der Waals surface area contributed by atoms with Gasteiger partial charge < -0.3 is 9.47 Å². The summed E-state index contributed by atoms with van der Waals surface area (Å²) in [6.07, 6.45) is 2.77. The van der Waals surface area contributed by atoms with Gasteiger partial charge in [0.2, 0.25) is 6.79 Å². The van der Waals surface area contributed by atoms with Crippen molar-refractivity contribution in [2.45, 2.75) is 13.8 Å². The number of hydrogen-bond acceptors (Lipinski definition) is 3. The molecule has 0 spiro atoms. The number of allylic oxidation sites excluding steroid dienone is 1. The zero-order valence-electron chi connectivity index (χ0n) is 9.40. The molecule has 84 valence electrons. The Balaban J connectivity index is 2.31. The van der Waals surface area contributed by atoms with Crippen LogP contribution in [0.5, 0.6) is 11.5 Å². The van der Waals surface area contributed by atoms with Gasteiger partial charge >= 0.3 is 0 Å². The Morgan fingerprint density at radius 2 is 2.06 bits per heavy atom. The van der Waals surface area contributed by atoms with E-state index in [-0.39, 0.29) is 12.7 Å². The summed E-state index contributed by atoms with van der Waals surface area (Å²) in [5.74, 6) is 1.72. The number of fused-ring (bicyclic) bond motifs is 1. The molecule has 2 rings (SSSR count). The lowest BCUT2D eigenvalue weighted by Gasteiger charge is -2.04. The van der Waals surface area contributed by atoms with E-state index in [2.05, 4.69) is 0 Å². The van der Waals surface area contributed by atoms with Crippen molar-refractivity contribution in [2.24, 2.45) is 5.92 Å². The molecule has 3 nitrogen and oxygen atoms in total. The third kappa shape index (κ3) is 2.08. The number of carbonyl (C=O) groups is 1. The third-order valence-corrected chi connectivity index (χ3v) is 2.53. The molecule has 1 aliphatic heterocycles. The van der Waals surface area contributed by atoms with Crippen LogP contribution in [-0.4, -0.2) is 13.1 Å². The molecular weight excluding hydrogens is 204 g/mol. The molecule has 1 aromatic carbocycles. The van der Waals surface area contributed by atoms with Gasteiger partial charge in [0.05, 0.1) is 0 Å². The van der Waals surface area contributed by atoms with E-state index >= 15 is 0 Å². The molecule has 0 aliphatic carbocycles. The Kier molecular flexibility index (Phi) is 2.95. The standard InChI is InChI=1S/C13H14O3/c1-9(2)11(7-14)5-10-3-4-12-13(6-10)16-8-15-12/h3-7,9H,8H2,1-2H3/b11-5-. The molecule has 0 atom stereocenters. The SMILES string of the molecule is CC(C)/C(C=O)=C\c1ccc2c(c1)OCO2. The van der Waals surface area contributed by atoms with E-state index in [1.165, 1.54) is 0 Å². The second-order valence-corrected chi connectivity index (χ2v) is 4.03. The Bertz CT molecular complexity index is 433. The zero-order chi connectivity index (χ0) is 11.5. The van der Waals surface area contributed by atoms with Crippen LogP contribution in [0.3, 0.4) is 0 Å². The number of aldehydes is 1.